The van der Waals surface area contributed by atoms with Crippen LogP contribution in [0.4, 0.5) is 9.18 Å². The second-order valence-electron chi connectivity index (χ2n) is 5.12. The van der Waals surface area contributed by atoms with E-state index in [-0.39, 0.29) is 24.7 Å². The van der Waals surface area contributed by atoms with Gasteiger partial charge in [0.2, 0.25) is 5.88 Å². The molecule has 0 saturated carbocycles. The first-order valence-electron chi connectivity index (χ1n) is 7.51. The van der Waals surface area contributed by atoms with Crippen molar-refractivity contribution >= 4 is 17.6 Å². The molecule has 24 heavy (non-hydrogen) atoms. The smallest absolute Gasteiger partial charge is 0.317 e. The normalized spacial score (nSPS) is 10.3. The topological polar surface area (TPSA) is 54.5 Å². The van der Waals surface area contributed by atoms with Crippen LogP contribution in [0.25, 0.3) is 0 Å². The average molecular weight is 352 g/mol. The number of hydrogen-bond donors (Lipinski definition) is 1. The molecule has 2 rings (SSSR count). The van der Waals surface area contributed by atoms with Crippen LogP contribution >= 0.6 is 11.6 Å². The number of aromatic nitrogens is 1. The van der Waals surface area contributed by atoms with Crippen molar-refractivity contribution in [1.82, 2.24) is 15.2 Å². The molecule has 7 heteroatoms. The maximum Gasteiger partial charge on any atom is 0.317 e. The van der Waals surface area contributed by atoms with Crippen molar-refractivity contribution in [2.24, 2.45) is 0 Å². The van der Waals surface area contributed by atoms with Crippen LogP contribution in [0.3, 0.4) is 0 Å². The molecule has 0 bridgehead atoms. The lowest BCUT2D eigenvalue weighted by atomic mass is 10.2. The van der Waals surface area contributed by atoms with Gasteiger partial charge in [-0.25, -0.2) is 14.2 Å². The van der Waals surface area contributed by atoms with Crippen molar-refractivity contribution in [3.63, 3.8) is 0 Å². The van der Waals surface area contributed by atoms with Crippen LogP contribution in [0.5, 0.6) is 5.88 Å². The lowest BCUT2D eigenvalue weighted by Gasteiger charge is -2.19. The van der Waals surface area contributed by atoms with E-state index in [0.717, 1.165) is 5.56 Å². The summed E-state index contributed by atoms with van der Waals surface area (Å²) in [6.45, 7) is 2.69. The van der Waals surface area contributed by atoms with E-state index in [2.05, 4.69) is 10.3 Å². The Labute approximate surface area is 145 Å². The Bertz CT molecular complexity index is 692. The largest absolute Gasteiger partial charge is 0.478 e. The zero-order valence-corrected chi connectivity index (χ0v) is 14.3. The lowest BCUT2D eigenvalue weighted by molar-refractivity contribution is 0.205. The third kappa shape index (κ3) is 4.58. The minimum absolute atomic E-state index is 0.0721. The number of carbonyl (C=O) groups excluding carboxylic acids is 1. The third-order valence-corrected chi connectivity index (χ3v) is 3.72. The molecule has 0 unspecified atom stereocenters. The number of hydrogen-bond acceptors (Lipinski definition) is 3. The van der Waals surface area contributed by atoms with Gasteiger partial charge in [0.25, 0.3) is 0 Å². The van der Waals surface area contributed by atoms with E-state index in [4.69, 9.17) is 16.3 Å². The van der Waals surface area contributed by atoms with Crippen LogP contribution in [0, 0.1) is 5.82 Å². The highest BCUT2D eigenvalue weighted by Crippen LogP contribution is 2.20. The predicted molar refractivity (Wildman–Crippen MR) is 90.5 cm³/mol. The predicted octanol–water partition coefficient (Wildman–Crippen LogP) is 3.61. The molecule has 2 aromatic rings. The van der Waals surface area contributed by atoms with E-state index in [9.17, 15) is 9.18 Å². The van der Waals surface area contributed by atoms with Crippen LogP contribution in [-0.4, -0.2) is 29.6 Å². The van der Waals surface area contributed by atoms with Gasteiger partial charge in [0.1, 0.15) is 5.82 Å². The molecule has 0 spiro atoms. The third-order valence-electron chi connectivity index (χ3n) is 3.36. The van der Waals surface area contributed by atoms with Crippen molar-refractivity contribution in [2.75, 3.05) is 13.7 Å². The molecule has 1 aromatic heterocycles. The van der Waals surface area contributed by atoms with Gasteiger partial charge in [-0.15, -0.1) is 0 Å². The molecule has 0 atom stereocenters. The van der Waals surface area contributed by atoms with Crippen molar-refractivity contribution in [3.8, 4) is 5.88 Å². The number of urea groups is 1. The monoisotopic (exact) mass is 351 g/mol. The van der Waals surface area contributed by atoms with Crippen LogP contribution in [0.15, 0.2) is 36.5 Å². The molecule has 0 saturated heterocycles. The molecular weight excluding hydrogens is 333 g/mol. The lowest BCUT2D eigenvalue weighted by Crippen LogP contribution is -2.36. The minimum atomic E-state index is -0.437. The fraction of sp³-hybridized carbons (Fsp3) is 0.294. The summed E-state index contributed by atoms with van der Waals surface area (Å²) in [5.74, 6) is 0.0492. The molecule has 1 heterocycles. The summed E-state index contributed by atoms with van der Waals surface area (Å²) in [4.78, 5) is 17.7. The van der Waals surface area contributed by atoms with Gasteiger partial charge in [0, 0.05) is 35.9 Å². The first kappa shape index (κ1) is 18.0. The van der Waals surface area contributed by atoms with Gasteiger partial charge in [-0.2, -0.15) is 0 Å². The zero-order valence-electron chi connectivity index (χ0n) is 13.6. The number of benzene rings is 1. The van der Waals surface area contributed by atoms with Crippen LogP contribution in [0.1, 0.15) is 18.1 Å². The molecule has 0 radical (unpaired) electrons. The summed E-state index contributed by atoms with van der Waals surface area (Å²) in [5, 5.41) is 3.05. The minimum Gasteiger partial charge on any atom is -0.478 e. The Kier molecular flexibility index (Phi) is 6.37. The Morgan fingerprint density at radius 2 is 2.17 bits per heavy atom. The number of rotatable bonds is 6. The van der Waals surface area contributed by atoms with Crippen LogP contribution in [0.2, 0.25) is 5.02 Å². The molecular formula is C17H19ClFN3O2. The first-order valence-corrected chi connectivity index (χ1v) is 7.89. The molecule has 0 fully saturated rings. The van der Waals surface area contributed by atoms with E-state index in [1.807, 2.05) is 13.0 Å². The second-order valence-corrected chi connectivity index (χ2v) is 5.52. The number of amides is 2. The number of nitrogens with zero attached hydrogens (tertiary/aromatic N) is 2. The number of halogens is 2. The molecule has 5 nitrogen and oxygen atoms in total. The van der Waals surface area contributed by atoms with Gasteiger partial charge in [-0.1, -0.05) is 23.7 Å². The summed E-state index contributed by atoms with van der Waals surface area (Å²) in [6, 6.07) is 7.69. The molecule has 0 aliphatic rings. The van der Waals surface area contributed by atoms with E-state index in [0.29, 0.717) is 17.5 Å². The molecule has 128 valence electrons. The van der Waals surface area contributed by atoms with Crippen LogP contribution < -0.4 is 10.1 Å². The molecule has 0 aliphatic carbocycles. The molecule has 2 amide bonds. The highest BCUT2D eigenvalue weighted by atomic mass is 35.5. The molecule has 0 aliphatic heterocycles. The SMILES string of the molecule is CCOc1ncccc1CNC(=O)N(C)Cc1c(F)cccc1Cl. The summed E-state index contributed by atoms with van der Waals surface area (Å²) in [5.41, 5.74) is 1.05. The first-order chi connectivity index (χ1) is 11.5. The number of carbonyl (C=O) groups is 1. The van der Waals surface area contributed by atoms with E-state index in [1.54, 1.807) is 25.4 Å². The Hall–Kier alpha value is -2.34. The summed E-state index contributed by atoms with van der Waals surface area (Å²) >= 11 is 5.98. The van der Waals surface area contributed by atoms with Gasteiger partial charge in [0.15, 0.2) is 0 Å². The second kappa shape index (κ2) is 8.49. The fourth-order valence-corrected chi connectivity index (χ4v) is 2.35. The highest BCUT2D eigenvalue weighted by molar-refractivity contribution is 6.31. The van der Waals surface area contributed by atoms with Gasteiger partial charge in [-0.3, -0.25) is 0 Å². The van der Waals surface area contributed by atoms with Gasteiger partial charge in [0.05, 0.1) is 13.2 Å². The maximum absolute atomic E-state index is 13.8. The quantitative estimate of drug-likeness (QED) is 0.864. The average Bonchev–Trinajstić information content (AvgIpc) is 2.57. The van der Waals surface area contributed by atoms with Gasteiger partial charge >= 0.3 is 6.03 Å². The maximum atomic E-state index is 13.8. The number of ether oxygens (including phenoxy) is 1. The Morgan fingerprint density at radius 3 is 2.88 bits per heavy atom. The van der Waals surface area contributed by atoms with Crippen molar-refractivity contribution in [2.45, 2.75) is 20.0 Å². The Morgan fingerprint density at radius 1 is 1.38 bits per heavy atom. The zero-order chi connectivity index (χ0) is 17.5. The van der Waals surface area contributed by atoms with Gasteiger partial charge < -0.3 is 15.0 Å². The van der Waals surface area contributed by atoms with E-state index in [1.165, 1.54) is 17.0 Å². The highest BCUT2D eigenvalue weighted by Gasteiger charge is 2.14. The van der Waals surface area contributed by atoms with E-state index < -0.39 is 5.82 Å². The Balaban J connectivity index is 1.97. The summed E-state index contributed by atoms with van der Waals surface area (Å²) in [6.07, 6.45) is 1.63. The molecule has 1 N–H and O–H groups in total. The number of nitrogens with one attached hydrogen (secondary N) is 1. The van der Waals surface area contributed by atoms with Crippen LogP contribution in [-0.2, 0) is 13.1 Å². The summed E-state index contributed by atoms with van der Waals surface area (Å²) < 4.78 is 19.2. The summed E-state index contributed by atoms with van der Waals surface area (Å²) in [7, 11) is 1.57. The van der Waals surface area contributed by atoms with Crippen molar-refractivity contribution in [1.29, 1.82) is 0 Å². The number of pyridine rings is 1. The molecule has 1 aromatic carbocycles. The fourth-order valence-electron chi connectivity index (χ4n) is 2.12. The standard InChI is InChI=1S/C17H19ClFN3O2/c1-3-24-16-12(6-5-9-20-16)10-21-17(23)22(2)11-13-14(18)7-4-8-15(13)19/h4-9H,3,10-11H2,1-2H3,(H,21,23). The van der Waals surface area contributed by atoms with Gasteiger partial charge in [-0.05, 0) is 25.1 Å². The van der Waals surface area contributed by atoms with Crippen molar-refractivity contribution in [3.05, 3.63) is 58.5 Å². The van der Waals surface area contributed by atoms with E-state index >= 15 is 0 Å². The van der Waals surface area contributed by atoms with Crippen molar-refractivity contribution < 1.29 is 13.9 Å².